The summed E-state index contributed by atoms with van der Waals surface area (Å²) in [5, 5.41) is 0. The topological polar surface area (TPSA) is 72.5 Å². The fourth-order valence-corrected chi connectivity index (χ4v) is 4.66. The Balaban J connectivity index is 1.64. The second-order valence-electron chi connectivity index (χ2n) is 6.60. The molecule has 0 saturated heterocycles. The van der Waals surface area contributed by atoms with Crippen molar-refractivity contribution in [1.29, 1.82) is 0 Å². The van der Waals surface area contributed by atoms with Crippen molar-refractivity contribution in [3.63, 3.8) is 0 Å². The minimum Gasteiger partial charge on any atom is -0.493 e. The first-order valence-electron chi connectivity index (χ1n) is 8.96. The van der Waals surface area contributed by atoms with Gasteiger partial charge in [0, 0.05) is 0 Å². The van der Waals surface area contributed by atoms with E-state index in [2.05, 4.69) is 20.7 Å². The molecule has 1 aliphatic carbocycles. The van der Waals surface area contributed by atoms with E-state index < -0.39 is 15.9 Å². The van der Waals surface area contributed by atoms with Crippen LogP contribution >= 0.6 is 15.9 Å². The maximum absolute atomic E-state index is 12.5. The molecule has 7 heteroatoms. The maximum atomic E-state index is 12.5. The molecule has 5 nitrogen and oxygen atoms in total. The van der Waals surface area contributed by atoms with Crippen molar-refractivity contribution in [3.05, 3.63) is 58.1 Å². The van der Waals surface area contributed by atoms with Crippen LogP contribution in [-0.2, 0) is 21.2 Å². The van der Waals surface area contributed by atoms with Gasteiger partial charge in [0.25, 0.3) is 10.0 Å². The number of carbonyl (C=O) groups is 1. The predicted molar refractivity (Wildman–Crippen MR) is 107 cm³/mol. The fourth-order valence-electron chi connectivity index (χ4n) is 3.00. The predicted octanol–water partition coefficient (Wildman–Crippen LogP) is 4.16. The first kappa shape index (κ1) is 19.9. The molecule has 1 N–H and O–H groups in total. The summed E-state index contributed by atoms with van der Waals surface area (Å²) in [6.07, 6.45) is 3.72. The Kier molecular flexibility index (Phi) is 6.22. The van der Waals surface area contributed by atoms with E-state index in [1.54, 1.807) is 6.07 Å². The molecule has 2 aromatic rings. The van der Waals surface area contributed by atoms with Gasteiger partial charge in [-0.1, -0.05) is 30.7 Å². The van der Waals surface area contributed by atoms with Crippen LogP contribution in [0.4, 0.5) is 0 Å². The lowest BCUT2D eigenvalue weighted by molar-refractivity contribution is -0.118. The summed E-state index contributed by atoms with van der Waals surface area (Å²) < 4.78 is 32.9. The average molecular weight is 452 g/mol. The Labute approximate surface area is 168 Å². The zero-order chi connectivity index (χ0) is 19.4. The molecule has 0 aliphatic heterocycles. The van der Waals surface area contributed by atoms with Crippen LogP contribution in [0.5, 0.6) is 5.75 Å². The second-order valence-corrected chi connectivity index (χ2v) is 9.14. The zero-order valence-corrected chi connectivity index (χ0v) is 17.5. The molecule has 1 amide bonds. The van der Waals surface area contributed by atoms with Gasteiger partial charge >= 0.3 is 0 Å². The molecule has 0 aromatic heterocycles. The number of hydrogen-bond donors (Lipinski definition) is 1. The van der Waals surface area contributed by atoms with Crippen LogP contribution in [0.1, 0.15) is 43.2 Å². The van der Waals surface area contributed by atoms with E-state index >= 15 is 0 Å². The number of sulfonamides is 1. The third-order valence-corrected chi connectivity index (χ3v) is 6.67. The van der Waals surface area contributed by atoms with Crippen molar-refractivity contribution in [2.75, 3.05) is 6.61 Å². The first-order chi connectivity index (χ1) is 12.9. The number of ether oxygens (including phenoxy) is 1. The van der Waals surface area contributed by atoms with Gasteiger partial charge < -0.3 is 4.74 Å². The lowest BCUT2D eigenvalue weighted by atomic mass is 9.80. The number of hydrogen-bond acceptors (Lipinski definition) is 4. The molecule has 0 heterocycles. The quantitative estimate of drug-likeness (QED) is 0.685. The van der Waals surface area contributed by atoms with Crippen LogP contribution in [0.25, 0.3) is 0 Å². The highest BCUT2D eigenvalue weighted by atomic mass is 79.9. The summed E-state index contributed by atoms with van der Waals surface area (Å²) in [7, 11) is -3.94. The van der Waals surface area contributed by atoms with Crippen LogP contribution in [0.2, 0.25) is 0 Å². The largest absolute Gasteiger partial charge is 0.493 e. The summed E-state index contributed by atoms with van der Waals surface area (Å²) in [6.45, 7) is 2.32. The van der Waals surface area contributed by atoms with E-state index in [1.807, 2.05) is 31.2 Å². The highest BCUT2D eigenvalue weighted by Gasteiger charge is 2.21. The Morgan fingerprint density at radius 2 is 1.89 bits per heavy atom. The van der Waals surface area contributed by atoms with Gasteiger partial charge in [-0.15, -0.1) is 0 Å². The zero-order valence-electron chi connectivity index (χ0n) is 15.1. The van der Waals surface area contributed by atoms with E-state index in [-0.39, 0.29) is 11.3 Å². The van der Waals surface area contributed by atoms with E-state index in [9.17, 15) is 13.2 Å². The maximum Gasteiger partial charge on any atom is 0.264 e. The number of nitrogens with one attached hydrogen (secondary N) is 1. The van der Waals surface area contributed by atoms with Gasteiger partial charge in [0.1, 0.15) is 5.75 Å². The van der Waals surface area contributed by atoms with Crippen LogP contribution < -0.4 is 9.46 Å². The Hall–Kier alpha value is -1.86. The molecule has 0 atom stereocenters. The fraction of sp³-hybridized carbons (Fsp3) is 0.350. The second kappa shape index (κ2) is 8.44. The van der Waals surface area contributed by atoms with Crippen LogP contribution in [-0.4, -0.2) is 20.9 Å². The molecular weight excluding hydrogens is 430 g/mol. The summed E-state index contributed by atoms with van der Waals surface area (Å²) in [4.78, 5) is 12.2. The van der Waals surface area contributed by atoms with Crippen molar-refractivity contribution >= 4 is 31.9 Å². The Bertz CT molecular complexity index is 921. The third kappa shape index (κ3) is 4.90. The minimum absolute atomic E-state index is 0.00603. The molecule has 0 radical (unpaired) electrons. The molecule has 144 valence electrons. The molecule has 1 saturated carbocycles. The summed E-state index contributed by atoms with van der Waals surface area (Å²) in [6, 6.07) is 12.3. The number of halogens is 1. The van der Waals surface area contributed by atoms with Crippen molar-refractivity contribution in [3.8, 4) is 5.75 Å². The molecule has 0 spiro atoms. The highest BCUT2D eigenvalue weighted by molar-refractivity contribution is 9.10. The smallest absolute Gasteiger partial charge is 0.264 e. The minimum atomic E-state index is -3.94. The van der Waals surface area contributed by atoms with Gasteiger partial charge in [0.05, 0.1) is 22.4 Å². The molecule has 1 fully saturated rings. The average Bonchev–Trinajstić information content (AvgIpc) is 2.56. The monoisotopic (exact) mass is 451 g/mol. The normalized spacial score (nSPS) is 14.4. The molecule has 3 rings (SSSR count). The SMILES string of the molecule is CCOc1ccc(S(=O)(=O)NC(=O)Cc2ccc(C3CCC3)cc2)cc1Br. The Morgan fingerprint density at radius 1 is 1.19 bits per heavy atom. The lowest BCUT2D eigenvalue weighted by Crippen LogP contribution is -2.31. The van der Waals surface area contributed by atoms with Gasteiger partial charge in [-0.05, 0) is 70.9 Å². The third-order valence-electron chi connectivity index (χ3n) is 4.68. The highest BCUT2D eigenvalue weighted by Crippen LogP contribution is 2.36. The van der Waals surface area contributed by atoms with Crippen LogP contribution in [0.15, 0.2) is 51.8 Å². The molecular formula is C20H22BrNO4S. The van der Waals surface area contributed by atoms with Gasteiger partial charge in [0.15, 0.2) is 0 Å². The summed E-state index contributed by atoms with van der Waals surface area (Å²) >= 11 is 3.29. The number of amides is 1. The lowest BCUT2D eigenvalue weighted by Gasteiger charge is -2.25. The van der Waals surface area contributed by atoms with E-state index in [1.165, 1.54) is 37.0 Å². The summed E-state index contributed by atoms with van der Waals surface area (Å²) in [5.41, 5.74) is 2.08. The molecule has 1 aliphatic rings. The molecule has 2 aromatic carbocycles. The van der Waals surface area contributed by atoms with Crippen molar-refractivity contribution < 1.29 is 17.9 Å². The van der Waals surface area contributed by atoms with Crippen molar-refractivity contribution in [1.82, 2.24) is 4.72 Å². The summed E-state index contributed by atoms with van der Waals surface area (Å²) in [5.74, 6) is 0.622. The first-order valence-corrected chi connectivity index (χ1v) is 11.2. The number of carbonyl (C=O) groups excluding carboxylic acids is 1. The number of benzene rings is 2. The van der Waals surface area contributed by atoms with Crippen molar-refractivity contribution in [2.24, 2.45) is 0 Å². The van der Waals surface area contributed by atoms with E-state index in [0.29, 0.717) is 22.7 Å². The van der Waals surface area contributed by atoms with Gasteiger partial charge in [-0.2, -0.15) is 0 Å². The molecule has 0 unspecified atom stereocenters. The van der Waals surface area contributed by atoms with E-state index in [4.69, 9.17) is 4.74 Å². The van der Waals surface area contributed by atoms with Crippen LogP contribution in [0.3, 0.4) is 0 Å². The number of rotatable bonds is 7. The Morgan fingerprint density at radius 3 is 2.44 bits per heavy atom. The van der Waals surface area contributed by atoms with Gasteiger partial charge in [0.2, 0.25) is 5.91 Å². The van der Waals surface area contributed by atoms with Gasteiger partial charge in [-0.3, -0.25) is 4.79 Å². The van der Waals surface area contributed by atoms with E-state index in [0.717, 1.165) is 5.56 Å². The van der Waals surface area contributed by atoms with Crippen molar-refractivity contribution in [2.45, 2.75) is 43.4 Å². The standard InChI is InChI=1S/C20H22BrNO4S/c1-2-26-19-11-10-17(13-18(19)21)27(24,25)22-20(23)12-14-6-8-16(9-7-14)15-4-3-5-15/h6-11,13,15H,2-5,12H2,1H3,(H,22,23). The van der Waals surface area contributed by atoms with Gasteiger partial charge in [-0.25, -0.2) is 13.1 Å². The molecule has 27 heavy (non-hydrogen) atoms. The van der Waals surface area contributed by atoms with Crippen LogP contribution in [0, 0.1) is 0 Å². The molecule has 0 bridgehead atoms.